The van der Waals surface area contributed by atoms with Crippen molar-refractivity contribution in [2.45, 2.75) is 38.3 Å². The number of nitrogens with zero attached hydrogens (tertiary/aromatic N) is 4. The Morgan fingerprint density at radius 2 is 2.07 bits per heavy atom. The van der Waals surface area contributed by atoms with Crippen LogP contribution in [0.5, 0.6) is 0 Å². The van der Waals surface area contributed by atoms with Crippen LogP contribution in [0.2, 0.25) is 0 Å². The minimum Gasteiger partial charge on any atom is -0.440 e. The smallest absolute Gasteiger partial charge is 0.247 e. The van der Waals surface area contributed by atoms with Crippen molar-refractivity contribution in [2.24, 2.45) is 0 Å². The molecule has 0 amide bonds. The number of sulfonamides is 1. The molecule has 0 saturated carbocycles. The van der Waals surface area contributed by atoms with Crippen LogP contribution in [0, 0.1) is 12.7 Å². The molecule has 142 valence electrons. The predicted octanol–water partition coefficient (Wildman–Crippen LogP) is 2.75. The summed E-state index contributed by atoms with van der Waals surface area (Å²) in [5.74, 6) is 0.258. The van der Waals surface area contributed by atoms with E-state index in [1.807, 2.05) is 11.6 Å². The van der Waals surface area contributed by atoms with E-state index in [0.29, 0.717) is 30.3 Å². The molecule has 0 spiro atoms. The molecule has 0 unspecified atom stereocenters. The number of fused-ring (bicyclic) bond motifs is 1. The van der Waals surface area contributed by atoms with Crippen LogP contribution in [0.4, 0.5) is 4.39 Å². The van der Waals surface area contributed by atoms with Gasteiger partial charge in [0.2, 0.25) is 15.9 Å². The molecule has 3 heterocycles. The van der Waals surface area contributed by atoms with Gasteiger partial charge in [0.1, 0.15) is 16.5 Å². The Morgan fingerprint density at radius 3 is 2.74 bits per heavy atom. The third kappa shape index (κ3) is 2.96. The van der Waals surface area contributed by atoms with E-state index in [2.05, 4.69) is 10.1 Å². The zero-order chi connectivity index (χ0) is 19.2. The van der Waals surface area contributed by atoms with Crippen LogP contribution in [-0.2, 0) is 29.5 Å². The summed E-state index contributed by atoms with van der Waals surface area (Å²) < 4.78 is 48.8. The van der Waals surface area contributed by atoms with Crippen molar-refractivity contribution in [3.63, 3.8) is 0 Å². The van der Waals surface area contributed by atoms with Crippen LogP contribution in [0.1, 0.15) is 23.9 Å². The molecule has 0 atom stereocenters. The standard InChI is InChI=1S/C18H19FN4O3S/c1-3-23-15-8-9-22(27(24,25)16-7-5-4-6-14(16)19)11-13(15)17(21-23)18-20-10-12(2)26-18/h4-7,10H,3,8-9,11H2,1-2H3. The fraction of sp³-hybridized carbons (Fsp3) is 0.333. The van der Waals surface area contributed by atoms with Crippen molar-refractivity contribution in [2.75, 3.05) is 6.54 Å². The van der Waals surface area contributed by atoms with Gasteiger partial charge in [0.05, 0.1) is 6.20 Å². The van der Waals surface area contributed by atoms with E-state index in [1.54, 1.807) is 13.1 Å². The van der Waals surface area contributed by atoms with Gasteiger partial charge in [0.25, 0.3) is 0 Å². The molecule has 7 nitrogen and oxygen atoms in total. The van der Waals surface area contributed by atoms with E-state index in [0.717, 1.165) is 17.3 Å². The average molecular weight is 390 g/mol. The maximum Gasteiger partial charge on any atom is 0.247 e. The van der Waals surface area contributed by atoms with Crippen LogP contribution in [0.3, 0.4) is 0 Å². The van der Waals surface area contributed by atoms with E-state index in [1.165, 1.54) is 22.5 Å². The fourth-order valence-electron chi connectivity index (χ4n) is 3.36. The van der Waals surface area contributed by atoms with Gasteiger partial charge in [0, 0.05) is 37.3 Å². The first-order chi connectivity index (χ1) is 12.9. The summed E-state index contributed by atoms with van der Waals surface area (Å²) >= 11 is 0. The zero-order valence-electron chi connectivity index (χ0n) is 15.0. The first-order valence-electron chi connectivity index (χ1n) is 8.68. The van der Waals surface area contributed by atoms with Crippen molar-refractivity contribution < 1.29 is 17.2 Å². The molecule has 4 rings (SSSR count). The Balaban J connectivity index is 1.77. The Kier molecular flexibility index (Phi) is 4.35. The number of benzene rings is 1. The second kappa shape index (κ2) is 6.58. The number of hydrogen-bond donors (Lipinski definition) is 0. The highest BCUT2D eigenvalue weighted by Gasteiger charge is 2.34. The monoisotopic (exact) mass is 390 g/mol. The number of aryl methyl sites for hydroxylation is 2. The van der Waals surface area contributed by atoms with Crippen LogP contribution in [0.25, 0.3) is 11.6 Å². The number of rotatable bonds is 4. The summed E-state index contributed by atoms with van der Waals surface area (Å²) in [7, 11) is -3.96. The van der Waals surface area contributed by atoms with E-state index in [-0.39, 0.29) is 18.0 Å². The quantitative estimate of drug-likeness (QED) is 0.684. The molecule has 3 aromatic rings. The van der Waals surface area contributed by atoms with Gasteiger partial charge in [0.15, 0.2) is 5.69 Å². The van der Waals surface area contributed by atoms with Gasteiger partial charge < -0.3 is 4.42 Å². The predicted molar refractivity (Wildman–Crippen MR) is 95.8 cm³/mol. The lowest BCUT2D eigenvalue weighted by Gasteiger charge is -2.27. The molecular formula is C18H19FN4O3S. The molecule has 1 aromatic carbocycles. The Bertz CT molecular complexity index is 1100. The molecule has 0 aliphatic carbocycles. The molecule has 2 aromatic heterocycles. The first-order valence-corrected chi connectivity index (χ1v) is 10.1. The van der Waals surface area contributed by atoms with Crippen molar-refractivity contribution in [3.8, 4) is 11.6 Å². The van der Waals surface area contributed by atoms with Crippen molar-refractivity contribution in [1.82, 2.24) is 19.1 Å². The normalized spacial score (nSPS) is 15.1. The van der Waals surface area contributed by atoms with E-state index in [4.69, 9.17) is 4.42 Å². The van der Waals surface area contributed by atoms with Crippen LogP contribution < -0.4 is 0 Å². The lowest BCUT2D eigenvalue weighted by Crippen LogP contribution is -2.36. The highest BCUT2D eigenvalue weighted by molar-refractivity contribution is 7.89. The van der Waals surface area contributed by atoms with Crippen molar-refractivity contribution in [3.05, 3.63) is 53.3 Å². The summed E-state index contributed by atoms with van der Waals surface area (Å²) in [6.07, 6.45) is 2.09. The number of halogens is 1. The molecule has 0 saturated heterocycles. The summed E-state index contributed by atoms with van der Waals surface area (Å²) in [6, 6.07) is 5.42. The SMILES string of the molecule is CCn1nc(-c2ncc(C)o2)c2c1CCN(S(=O)(=O)c1ccccc1F)C2. The van der Waals surface area contributed by atoms with Gasteiger partial charge in [-0.15, -0.1) is 0 Å². The van der Waals surface area contributed by atoms with Crippen LogP contribution >= 0.6 is 0 Å². The number of oxazole rings is 1. The third-order valence-corrected chi connectivity index (χ3v) is 6.56. The Labute approximate surface area is 156 Å². The van der Waals surface area contributed by atoms with Gasteiger partial charge in [-0.25, -0.2) is 17.8 Å². The molecule has 0 bridgehead atoms. The largest absolute Gasteiger partial charge is 0.440 e. The van der Waals surface area contributed by atoms with E-state index < -0.39 is 15.8 Å². The minimum absolute atomic E-state index is 0.1000. The first kappa shape index (κ1) is 17.9. The topological polar surface area (TPSA) is 81.2 Å². The van der Waals surface area contributed by atoms with Crippen molar-refractivity contribution in [1.29, 1.82) is 0 Å². The molecule has 1 aliphatic rings. The third-order valence-electron chi connectivity index (χ3n) is 4.68. The fourth-order valence-corrected chi connectivity index (χ4v) is 4.84. The number of aromatic nitrogens is 3. The zero-order valence-corrected chi connectivity index (χ0v) is 15.8. The average Bonchev–Trinajstić information content (AvgIpc) is 3.24. The van der Waals surface area contributed by atoms with E-state index in [9.17, 15) is 12.8 Å². The van der Waals surface area contributed by atoms with Crippen molar-refractivity contribution >= 4 is 10.0 Å². The molecular weight excluding hydrogens is 371 g/mol. The molecule has 0 N–H and O–H groups in total. The maximum atomic E-state index is 14.1. The second-order valence-corrected chi connectivity index (χ2v) is 8.29. The van der Waals surface area contributed by atoms with Gasteiger partial charge in [-0.3, -0.25) is 4.68 Å². The number of hydrogen-bond acceptors (Lipinski definition) is 5. The summed E-state index contributed by atoms with van der Waals surface area (Å²) in [6.45, 7) is 4.78. The minimum atomic E-state index is -3.96. The van der Waals surface area contributed by atoms with E-state index >= 15 is 0 Å². The Morgan fingerprint density at radius 1 is 1.30 bits per heavy atom. The van der Waals surface area contributed by atoms with Gasteiger partial charge in [-0.2, -0.15) is 9.40 Å². The molecule has 0 fully saturated rings. The molecule has 0 radical (unpaired) electrons. The molecule has 9 heteroatoms. The highest BCUT2D eigenvalue weighted by Crippen LogP contribution is 2.32. The molecule has 27 heavy (non-hydrogen) atoms. The van der Waals surface area contributed by atoms with Crippen LogP contribution in [0.15, 0.2) is 39.8 Å². The summed E-state index contributed by atoms with van der Waals surface area (Å²) in [5.41, 5.74) is 2.25. The molecule has 1 aliphatic heterocycles. The lowest BCUT2D eigenvalue weighted by atomic mass is 10.1. The summed E-state index contributed by atoms with van der Waals surface area (Å²) in [5, 5.41) is 4.57. The Hall–Kier alpha value is -2.52. The van der Waals surface area contributed by atoms with Crippen LogP contribution in [-0.4, -0.2) is 34.0 Å². The summed E-state index contributed by atoms with van der Waals surface area (Å²) in [4.78, 5) is 3.92. The van der Waals surface area contributed by atoms with Gasteiger partial charge in [-0.1, -0.05) is 12.1 Å². The highest BCUT2D eigenvalue weighted by atomic mass is 32.2. The van der Waals surface area contributed by atoms with Gasteiger partial charge >= 0.3 is 0 Å². The maximum absolute atomic E-state index is 14.1. The van der Waals surface area contributed by atoms with Gasteiger partial charge in [-0.05, 0) is 26.0 Å². The lowest BCUT2D eigenvalue weighted by molar-refractivity contribution is 0.381. The second-order valence-electron chi connectivity index (χ2n) is 6.38.